The van der Waals surface area contributed by atoms with Gasteiger partial charge in [0.25, 0.3) is 11.8 Å². The normalized spacial score (nSPS) is 12.5. The molecule has 0 radical (unpaired) electrons. The molecule has 2 amide bonds. The Bertz CT molecular complexity index is 1040. The minimum Gasteiger partial charge on any atom is -0.493 e. The standard InChI is InChI=1S/C23H24N2O5/c1-15(29-19-13-12-17-8-4-5-9-18(17)14-19)22(26)24-25-23(27)16(2)30-21-11-7-6-10-20(21)28-3/h4-16H,1-3H3,(H,24,26)(H,25,27)/t15-,16-/m0/s1. The molecule has 0 aliphatic heterocycles. The molecule has 7 nitrogen and oxygen atoms in total. The number of nitrogens with one attached hydrogen (secondary N) is 2. The van der Waals surface area contributed by atoms with Crippen LogP contribution in [0.25, 0.3) is 10.8 Å². The number of amides is 2. The number of hydrogen-bond acceptors (Lipinski definition) is 5. The third kappa shape index (κ3) is 5.20. The van der Waals surface area contributed by atoms with Gasteiger partial charge in [-0.2, -0.15) is 0 Å². The lowest BCUT2D eigenvalue weighted by Crippen LogP contribution is -2.50. The summed E-state index contributed by atoms with van der Waals surface area (Å²) in [5, 5.41) is 2.09. The van der Waals surface area contributed by atoms with Crippen LogP contribution in [0.1, 0.15) is 13.8 Å². The van der Waals surface area contributed by atoms with Crippen LogP contribution < -0.4 is 25.1 Å². The van der Waals surface area contributed by atoms with Crippen LogP contribution in [0.4, 0.5) is 0 Å². The Morgan fingerprint density at radius 2 is 1.30 bits per heavy atom. The van der Waals surface area contributed by atoms with Gasteiger partial charge in [-0.25, -0.2) is 0 Å². The maximum Gasteiger partial charge on any atom is 0.279 e. The van der Waals surface area contributed by atoms with Crippen molar-refractivity contribution in [2.45, 2.75) is 26.1 Å². The highest BCUT2D eigenvalue weighted by Crippen LogP contribution is 2.26. The maximum atomic E-state index is 12.3. The van der Waals surface area contributed by atoms with Gasteiger partial charge in [0, 0.05) is 0 Å². The van der Waals surface area contributed by atoms with E-state index in [4.69, 9.17) is 14.2 Å². The van der Waals surface area contributed by atoms with Crippen LogP contribution in [0.2, 0.25) is 0 Å². The molecule has 3 aromatic rings. The van der Waals surface area contributed by atoms with Crippen molar-refractivity contribution in [2.75, 3.05) is 7.11 Å². The van der Waals surface area contributed by atoms with Crippen molar-refractivity contribution in [3.63, 3.8) is 0 Å². The first-order valence-corrected chi connectivity index (χ1v) is 9.53. The van der Waals surface area contributed by atoms with Gasteiger partial charge in [0.1, 0.15) is 5.75 Å². The van der Waals surface area contributed by atoms with E-state index in [1.165, 1.54) is 7.11 Å². The summed E-state index contributed by atoms with van der Waals surface area (Å²) in [5.41, 5.74) is 4.71. The molecule has 0 bridgehead atoms. The zero-order valence-electron chi connectivity index (χ0n) is 17.0. The lowest BCUT2D eigenvalue weighted by Gasteiger charge is -2.18. The Kier molecular flexibility index (Phi) is 6.75. The molecule has 0 saturated carbocycles. The van der Waals surface area contributed by atoms with Crippen LogP contribution in [-0.2, 0) is 9.59 Å². The first-order chi connectivity index (χ1) is 14.5. The second-order valence-corrected chi connectivity index (χ2v) is 6.66. The Morgan fingerprint density at radius 3 is 1.97 bits per heavy atom. The lowest BCUT2D eigenvalue weighted by molar-refractivity contribution is -0.135. The van der Waals surface area contributed by atoms with E-state index in [1.807, 2.05) is 36.4 Å². The van der Waals surface area contributed by atoms with E-state index in [-0.39, 0.29) is 0 Å². The van der Waals surface area contributed by atoms with Crippen molar-refractivity contribution in [1.29, 1.82) is 0 Å². The predicted molar refractivity (Wildman–Crippen MR) is 113 cm³/mol. The smallest absolute Gasteiger partial charge is 0.279 e. The third-order valence-electron chi connectivity index (χ3n) is 4.45. The van der Waals surface area contributed by atoms with Crippen LogP contribution in [0, 0.1) is 0 Å². The van der Waals surface area contributed by atoms with Crippen molar-refractivity contribution in [2.24, 2.45) is 0 Å². The molecular formula is C23H24N2O5. The summed E-state index contributed by atoms with van der Waals surface area (Å²) in [4.78, 5) is 24.5. The average molecular weight is 408 g/mol. The highest BCUT2D eigenvalue weighted by molar-refractivity contribution is 5.87. The van der Waals surface area contributed by atoms with Gasteiger partial charge in [-0.1, -0.05) is 42.5 Å². The van der Waals surface area contributed by atoms with E-state index in [0.29, 0.717) is 17.2 Å². The molecule has 0 heterocycles. The molecule has 0 aliphatic carbocycles. The zero-order chi connectivity index (χ0) is 21.5. The molecular weight excluding hydrogens is 384 g/mol. The molecule has 30 heavy (non-hydrogen) atoms. The second kappa shape index (κ2) is 9.65. The van der Waals surface area contributed by atoms with E-state index in [1.54, 1.807) is 44.2 Å². The summed E-state index contributed by atoms with van der Waals surface area (Å²) in [6.07, 6.45) is -1.66. The number of rotatable bonds is 7. The number of hydrazine groups is 1. The zero-order valence-corrected chi connectivity index (χ0v) is 17.0. The highest BCUT2D eigenvalue weighted by atomic mass is 16.5. The molecule has 2 N–H and O–H groups in total. The van der Waals surface area contributed by atoms with E-state index in [2.05, 4.69) is 10.9 Å². The molecule has 0 saturated heterocycles. The summed E-state index contributed by atoms with van der Waals surface area (Å²) >= 11 is 0. The van der Waals surface area contributed by atoms with Gasteiger partial charge in [0.2, 0.25) is 0 Å². The summed E-state index contributed by atoms with van der Waals surface area (Å²) in [7, 11) is 1.52. The lowest BCUT2D eigenvalue weighted by atomic mass is 10.1. The van der Waals surface area contributed by atoms with Crippen molar-refractivity contribution in [3.05, 3.63) is 66.7 Å². The van der Waals surface area contributed by atoms with Crippen molar-refractivity contribution >= 4 is 22.6 Å². The summed E-state index contributed by atoms with van der Waals surface area (Å²) in [6, 6.07) is 20.4. The summed E-state index contributed by atoms with van der Waals surface area (Å²) < 4.78 is 16.5. The molecule has 3 rings (SSSR count). The molecule has 0 fully saturated rings. The van der Waals surface area contributed by atoms with Crippen molar-refractivity contribution in [1.82, 2.24) is 10.9 Å². The van der Waals surface area contributed by atoms with Gasteiger partial charge >= 0.3 is 0 Å². The predicted octanol–water partition coefficient (Wildman–Crippen LogP) is 3.23. The van der Waals surface area contributed by atoms with Gasteiger partial charge < -0.3 is 14.2 Å². The number of carbonyl (C=O) groups is 2. The van der Waals surface area contributed by atoms with Crippen LogP contribution >= 0.6 is 0 Å². The number of ether oxygens (including phenoxy) is 3. The number of carbonyl (C=O) groups excluding carboxylic acids is 2. The number of para-hydroxylation sites is 2. The minimum absolute atomic E-state index is 0.432. The largest absolute Gasteiger partial charge is 0.493 e. The summed E-state index contributed by atoms with van der Waals surface area (Å²) in [6.45, 7) is 3.17. The number of methoxy groups -OCH3 is 1. The maximum absolute atomic E-state index is 12.3. The van der Waals surface area contributed by atoms with E-state index in [0.717, 1.165) is 10.8 Å². The third-order valence-corrected chi connectivity index (χ3v) is 4.45. The van der Waals surface area contributed by atoms with E-state index < -0.39 is 24.0 Å². The van der Waals surface area contributed by atoms with Crippen molar-refractivity contribution < 1.29 is 23.8 Å². The minimum atomic E-state index is -0.849. The fourth-order valence-electron chi connectivity index (χ4n) is 2.78. The molecule has 0 aliphatic rings. The molecule has 0 unspecified atom stereocenters. The summed E-state index contributed by atoms with van der Waals surface area (Å²) in [5.74, 6) is 0.518. The topological polar surface area (TPSA) is 85.9 Å². The van der Waals surface area contributed by atoms with E-state index in [9.17, 15) is 9.59 Å². The molecule has 3 aromatic carbocycles. The van der Waals surface area contributed by atoms with Gasteiger partial charge in [-0.15, -0.1) is 0 Å². The molecule has 0 spiro atoms. The Labute approximate surface area is 174 Å². The Balaban J connectivity index is 1.51. The van der Waals surface area contributed by atoms with Gasteiger partial charge in [0.05, 0.1) is 7.11 Å². The van der Waals surface area contributed by atoms with Crippen LogP contribution in [-0.4, -0.2) is 31.1 Å². The van der Waals surface area contributed by atoms with Gasteiger partial charge in [-0.05, 0) is 48.9 Å². The second-order valence-electron chi connectivity index (χ2n) is 6.66. The number of benzene rings is 3. The van der Waals surface area contributed by atoms with Crippen molar-refractivity contribution in [3.8, 4) is 17.2 Å². The monoisotopic (exact) mass is 408 g/mol. The number of fused-ring (bicyclic) bond motifs is 1. The SMILES string of the molecule is COc1ccccc1O[C@@H](C)C(=O)NNC(=O)[C@H](C)Oc1ccc2ccccc2c1. The quantitative estimate of drug-likeness (QED) is 0.586. The van der Waals surface area contributed by atoms with Gasteiger partial charge in [-0.3, -0.25) is 20.4 Å². The first kappa shape index (κ1) is 21.0. The van der Waals surface area contributed by atoms with E-state index >= 15 is 0 Å². The van der Waals surface area contributed by atoms with Crippen LogP contribution in [0.5, 0.6) is 17.2 Å². The van der Waals surface area contributed by atoms with Gasteiger partial charge in [0.15, 0.2) is 23.7 Å². The molecule has 0 aromatic heterocycles. The fourth-order valence-corrected chi connectivity index (χ4v) is 2.78. The fraction of sp³-hybridized carbons (Fsp3) is 0.217. The van der Waals surface area contributed by atoms with Crippen LogP contribution in [0.15, 0.2) is 66.7 Å². The first-order valence-electron chi connectivity index (χ1n) is 9.53. The molecule has 156 valence electrons. The van der Waals surface area contributed by atoms with Crippen LogP contribution in [0.3, 0.4) is 0 Å². The Morgan fingerprint density at radius 1 is 0.733 bits per heavy atom. The Hall–Kier alpha value is -3.74. The average Bonchev–Trinajstić information content (AvgIpc) is 2.77. The number of hydrogen-bond donors (Lipinski definition) is 2. The highest BCUT2D eigenvalue weighted by Gasteiger charge is 2.20. The molecule has 2 atom stereocenters. The molecule has 7 heteroatoms.